The van der Waals surface area contributed by atoms with Crippen LogP contribution in [0.3, 0.4) is 0 Å². The highest BCUT2D eigenvalue weighted by Gasteiger charge is 2.18. The van der Waals surface area contributed by atoms with Gasteiger partial charge in [-0.05, 0) is 62.1 Å². The van der Waals surface area contributed by atoms with E-state index in [4.69, 9.17) is 9.47 Å². The third-order valence-electron chi connectivity index (χ3n) is 4.55. The number of benzene rings is 2. The van der Waals surface area contributed by atoms with Crippen LogP contribution in [0.1, 0.15) is 32.6 Å². The number of Topliss-reactive ketones (excluding diaryl/α,β-unsaturated/α-hetero) is 1. The van der Waals surface area contributed by atoms with E-state index in [9.17, 15) is 19.7 Å². The molecule has 0 aliphatic carbocycles. The van der Waals surface area contributed by atoms with Crippen molar-refractivity contribution in [3.05, 3.63) is 68.3 Å². The lowest BCUT2D eigenvalue weighted by Crippen LogP contribution is -2.20. The molecule has 0 heterocycles. The molecular weight excluding hydrogens is 350 g/mol. The third kappa shape index (κ3) is 4.69. The smallest absolute Gasteiger partial charge is 0.344 e. The van der Waals surface area contributed by atoms with Crippen LogP contribution in [-0.4, -0.2) is 29.9 Å². The van der Waals surface area contributed by atoms with Crippen LogP contribution >= 0.6 is 0 Å². The van der Waals surface area contributed by atoms with E-state index >= 15 is 0 Å². The van der Waals surface area contributed by atoms with Crippen molar-refractivity contribution in [1.29, 1.82) is 0 Å². The molecule has 0 atom stereocenters. The van der Waals surface area contributed by atoms with E-state index in [-0.39, 0.29) is 17.2 Å². The highest BCUT2D eigenvalue weighted by atomic mass is 16.6. The van der Waals surface area contributed by atoms with Gasteiger partial charge >= 0.3 is 11.7 Å². The normalized spacial score (nSPS) is 10.4. The molecule has 0 amide bonds. The van der Waals surface area contributed by atoms with Crippen molar-refractivity contribution in [3.8, 4) is 5.75 Å². The van der Waals surface area contributed by atoms with Gasteiger partial charge in [-0.1, -0.05) is 12.1 Å². The minimum Gasteiger partial charge on any atom is -0.475 e. The number of ether oxygens (including phenoxy) is 2. The number of carbonyl (C=O) groups is 2. The van der Waals surface area contributed by atoms with Crippen molar-refractivity contribution in [3.63, 3.8) is 0 Å². The Balaban J connectivity index is 1.97. The summed E-state index contributed by atoms with van der Waals surface area (Å²) in [6, 6.07) is 7.50. The lowest BCUT2D eigenvalue weighted by atomic mass is 9.93. The maximum atomic E-state index is 12.4. The zero-order valence-corrected chi connectivity index (χ0v) is 15.7. The van der Waals surface area contributed by atoms with Gasteiger partial charge in [0.15, 0.2) is 19.0 Å². The molecule has 0 aliphatic rings. The van der Waals surface area contributed by atoms with Crippen LogP contribution in [-0.2, 0) is 9.53 Å². The first-order valence-corrected chi connectivity index (χ1v) is 8.34. The summed E-state index contributed by atoms with van der Waals surface area (Å²) in [6.07, 6.45) is 0. The number of hydrogen-bond acceptors (Lipinski definition) is 6. The van der Waals surface area contributed by atoms with Crippen molar-refractivity contribution >= 4 is 17.4 Å². The number of nitrogens with zero attached hydrogens (tertiary/aromatic N) is 1. The van der Waals surface area contributed by atoms with Gasteiger partial charge in [0.05, 0.1) is 4.92 Å². The number of aryl methyl sites for hydroxylation is 1. The van der Waals surface area contributed by atoms with Gasteiger partial charge < -0.3 is 9.47 Å². The van der Waals surface area contributed by atoms with Crippen molar-refractivity contribution in [2.24, 2.45) is 0 Å². The highest BCUT2D eigenvalue weighted by molar-refractivity contribution is 5.99. The second-order valence-corrected chi connectivity index (χ2v) is 6.21. The number of hydrogen-bond donors (Lipinski definition) is 0. The monoisotopic (exact) mass is 371 g/mol. The average molecular weight is 371 g/mol. The molecule has 142 valence electrons. The minimum atomic E-state index is -0.778. The van der Waals surface area contributed by atoms with Gasteiger partial charge in [-0.25, -0.2) is 4.79 Å². The molecule has 0 aromatic heterocycles. The lowest BCUT2D eigenvalue weighted by Gasteiger charge is -2.13. The quantitative estimate of drug-likeness (QED) is 0.319. The van der Waals surface area contributed by atoms with E-state index in [1.807, 2.05) is 27.7 Å². The topological polar surface area (TPSA) is 95.7 Å². The fourth-order valence-corrected chi connectivity index (χ4v) is 2.63. The maximum absolute atomic E-state index is 12.4. The van der Waals surface area contributed by atoms with Crippen molar-refractivity contribution in [2.45, 2.75) is 27.7 Å². The Kier molecular flexibility index (Phi) is 6.28. The molecule has 27 heavy (non-hydrogen) atoms. The van der Waals surface area contributed by atoms with Crippen molar-refractivity contribution in [2.75, 3.05) is 13.2 Å². The van der Waals surface area contributed by atoms with Crippen LogP contribution < -0.4 is 4.74 Å². The molecule has 2 rings (SSSR count). The molecule has 2 aromatic rings. The second kappa shape index (κ2) is 8.44. The van der Waals surface area contributed by atoms with Gasteiger partial charge in [-0.15, -0.1) is 0 Å². The van der Waals surface area contributed by atoms with Gasteiger partial charge in [0.1, 0.15) is 0 Å². The molecule has 7 heteroatoms. The van der Waals surface area contributed by atoms with Gasteiger partial charge in [0.25, 0.3) is 0 Å². The molecule has 0 bridgehead atoms. The summed E-state index contributed by atoms with van der Waals surface area (Å²) in [7, 11) is 0. The molecule has 2 aromatic carbocycles. The number of carbonyl (C=O) groups excluding carboxylic acids is 2. The Morgan fingerprint density at radius 1 is 1.00 bits per heavy atom. The predicted octanol–water partition coefficient (Wildman–Crippen LogP) is 3.63. The molecule has 0 radical (unpaired) electrons. The summed E-state index contributed by atoms with van der Waals surface area (Å²) < 4.78 is 10.1. The standard InChI is InChI=1S/C20H21NO6/c1-12-9-16(15(4)14(3)13(12)2)18(22)10-27-20(23)11-26-19-8-6-5-7-17(19)21(24)25/h5-9H,10-11H2,1-4H3. The lowest BCUT2D eigenvalue weighted by molar-refractivity contribution is -0.385. The van der Waals surface area contributed by atoms with Crippen LogP contribution in [0.15, 0.2) is 30.3 Å². The van der Waals surface area contributed by atoms with E-state index in [1.165, 1.54) is 18.2 Å². The van der Waals surface area contributed by atoms with Gasteiger partial charge in [0.2, 0.25) is 5.78 Å². The van der Waals surface area contributed by atoms with Crippen molar-refractivity contribution in [1.82, 2.24) is 0 Å². The summed E-state index contributed by atoms with van der Waals surface area (Å²) in [4.78, 5) is 34.5. The zero-order chi connectivity index (χ0) is 20.1. The fraction of sp³-hybridized carbons (Fsp3) is 0.300. The maximum Gasteiger partial charge on any atom is 0.344 e. The summed E-state index contributed by atoms with van der Waals surface area (Å²) in [5.41, 5.74) is 4.27. The summed E-state index contributed by atoms with van der Waals surface area (Å²) in [5, 5.41) is 10.9. The van der Waals surface area contributed by atoms with Crippen molar-refractivity contribution < 1.29 is 24.0 Å². The van der Waals surface area contributed by atoms with Crippen LogP contribution in [0, 0.1) is 37.8 Å². The SMILES string of the molecule is Cc1cc(C(=O)COC(=O)COc2ccccc2[N+](=O)[O-])c(C)c(C)c1C. The average Bonchev–Trinajstić information content (AvgIpc) is 2.65. The van der Waals surface area contributed by atoms with E-state index in [1.54, 1.807) is 12.1 Å². The Labute approximate surface area is 157 Å². The number of rotatable bonds is 7. The Morgan fingerprint density at radius 3 is 2.33 bits per heavy atom. The summed E-state index contributed by atoms with van der Waals surface area (Å²) >= 11 is 0. The molecule has 0 saturated heterocycles. The van der Waals surface area contributed by atoms with E-state index in [0.29, 0.717) is 5.56 Å². The Bertz CT molecular complexity index is 904. The first kappa shape index (κ1) is 20.1. The van der Waals surface area contributed by atoms with Gasteiger partial charge in [-0.2, -0.15) is 0 Å². The largest absolute Gasteiger partial charge is 0.475 e. The number of para-hydroxylation sites is 2. The van der Waals surface area contributed by atoms with E-state index in [0.717, 1.165) is 22.3 Å². The highest BCUT2D eigenvalue weighted by Crippen LogP contribution is 2.25. The fourth-order valence-electron chi connectivity index (χ4n) is 2.63. The third-order valence-corrected chi connectivity index (χ3v) is 4.55. The predicted molar refractivity (Wildman–Crippen MR) is 99.3 cm³/mol. The van der Waals surface area contributed by atoms with Gasteiger partial charge in [-0.3, -0.25) is 14.9 Å². The molecule has 0 fully saturated rings. The molecule has 0 saturated carbocycles. The number of nitro groups is 1. The number of nitro benzene ring substituents is 1. The minimum absolute atomic E-state index is 0.0357. The summed E-state index contributed by atoms with van der Waals surface area (Å²) in [6.45, 7) is 6.78. The number of ketones is 1. The first-order valence-electron chi connectivity index (χ1n) is 8.34. The van der Waals surface area contributed by atoms with Crippen LogP contribution in [0.4, 0.5) is 5.69 Å². The summed E-state index contributed by atoms with van der Waals surface area (Å²) in [5.74, 6) is -1.12. The van der Waals surface area contributed by atoms with E-state index < -0.39 is 24.1 Å². The Morgan fingerprint density at radius 2 is 1.67 bits per heavy atom. The molecule has 0 aliphatic heterocycles. The van der Waals surface area contributed by atoms with Crippen LogP contribution in [0.5, 0.6) is 5.75 Å². The first-order chi connectivity index (χ1) is 12.7. The molecule has 0 unspecified atom stereocenters. The van der Waals surface area contributed by atoms with Gasteiger partial charge in [0, 0.05) is 11.6 Å². The molecule has 7 nitrogen and oxygen atoms in total. The van der Waals surface area contributed by atoms with E-state index in [2.05, 4.69) is 0 Å². The van der Waals surface area contributed by atoms with Crippen LogP contribution in [0.2, 0.25) is 0 Å². The second-order valence-electron chi connectivity index (χ2n) is 6.21. The molecule has 0 spiro atoms. The molecular formula is C20H21NO6. The molecule has 0 N–H and O–H groups in total. The zero-order valence-electron chi connectivity index (χ0n) is 15.7. The Hall–Kier alpha value is -3.22. The van der Waals surface area contributed by atoms with Crippen LogP contribution in [0.25, 0.3) is 0 Å². The number of esters is 1.